The van der Waals surface area contributed by atoms with E-state index in [1.807, 2.05) is 30.3 Å². The number of carbonyl (C=O) groups is 3. The van der Waals surface area contributed by atoms with Gasteiger partial charge in [0.1, 0.15) is 17.6 Å². The summed E-state index contributed by atoms with van der Waals surface area (Å²) < 4.78 is 18.8. The molecule has 0 spiro atoms. The zero-order chi connectivity index (χ0) is 26.3. The zero-order valence-corrected chi connectivity index (χ0v) is 20.8. The van der Waals surface area contributed by atoms with Gasteiger partial charge in [0.2, 0.25) is 5.91 Å². The van der Waals surface area contributed by atoms with Crippen molar-refractivity contribution in [3.8, 4) is 11.3 Å². The van der Waals surface area contributed by atoms with Gasteiger partial charge in [0, 0.05) is 23.1 Å². The number of fused-ring (bicyclic) bond motifs is 1. The molecule has 1 aromatic carbocycles. The Morgan fingerprint density at radius 2 is 1.89 bits per heavy atom. The molecule has 1 aliphatic heterocycles. The number of nitrogens with zero attached hydrogens (tertiary/aromatic N) is 2. The Morgan fingerprint density at radius 1 is 1.16 bits per heavy atom. The molecule has 3 N–H and O–H groups in total. The third-order valence-corrected chi connectivity index (χ3v) is 6.08. The third-order valence-electron chi connectivity index (χ3n) is 6.08. The molecule has 9 nitrogen and oxygen atoms in total. The number of nitrogens with one attached hydrogen (secondary N) is 3. The maximum atomic E-state index is 13.3. The van der Waals surface area contributed by atoms with E-state index in [0.717, 1.165) is 5.69 Å². The van der Waals surface area contributed by atoms with Gasteiger partial charge in [0.05, 0.1) is 36.0 Å². The quantitative estimate of drug-likeness (QED) is 0.447. The van der Waals surface area contributed by atoms with Crippen LogP contribution in [0.25, 0.3) is 11.3 Å². The molecule has 2 aliphatic rings. The largest absolute Gasteiger partial charge is 0.444 e. The van der Waals surface area contributed by atoms with Gasteiger partial charge in [0.25, 0.3) is 0 Å². The van der Waals surface area contributed by atoms with Crippen LogP contribution in [0, 0.1) is 5.92 Å². The van der Waals surface area contributed by atoms with Crippen molar-refractivity contribution in [1.29, 1.82) is 0 Å². The Balaban J connectivity index is 1.51. The van der Waals surface area contributed by atoms with E-state index in [4.69, 9.17) is 4.74 Å². The number of aromatic nitrogens is 2. The number of para-hydroxylation sites is 1. The molecule has 0 saturated heterocycles. The molecule has 2 aromatic heterocycles. The minimum Gasteiger partial charge on any atom is -0.444 e. The van der Waals surface area contributed by atoms with Crippen molar-refractivity contribution in [3.05, 3.63) is 59.9 Å². The van der Waals surface area contributed by atoms with Gasteiger partial charge in [-0.3, -0.25) is 14.5 Å². The molecule has 5 rings (SSSR count). The predicted molar refractivity (Wildman–Crippen MR) is 136 cm³/mol. The number of carbonyl (C=O) groups excluding carboxylic acids is 3. The molecule has 1 saturated carbocycles. The van der Waals surface area contributed by atoms with Gasteiger partial charge >= 0.3 is 6.09 Å². The molecule has 0 bridgehead atoms. The van der Waals surface area contributed by atoms with E-state index in [-0.39, 0.29) is 31.1 Å². The van der Waals surface area contributed by atoms with Crippen molar-refractivity contribution in [2.75, 3.05) is 17.2 Å². The van der Waals surface area contributed by atoms with E-state index in [9.17, 15) is 18.8 Å². The van der Waals surface area contributed by atoms with E-state index >= 15 is 0 Å². The van der Waals surface area contributed by atoms with Gasteiger partial charge in [-0.1, -0.05) is 18.2 Å². The van der Waals surface area contributed by atoms with Gasteiger partial charge in [-0.05, 0) is 51.5 Å². The number of ketones is 1. The highest BCUT2D eigenvalue weighted by atomic mass is 19.1. The normalized spacial score (nSPS) is 18.7. The fraction of sp³-hybridized carbons (Fsp3) is 0.333. The van der Waals surface area contributed by atoms with E-state index in [2.05, 4.69) is 20.6 Å². The molecule has 2 amide bonds. The first-order chi connectivity index (χ1) is 17.6. The van der Waals surface area contributed by atoms with Crippen molar-refractivity contribution in [2.24, 2.45) is 5.92 Å². The van der Waals surface area contributed by atoms with Crippen molar-refractivity contribution in [3.63, 3.8) is 0 Å². The summed E-state index contributed by atoms with van der Waals surface area (Å²) in [5.74, 6) is -1.01. The summed E-state index contributed by atoms with van der Waals surface area (Å²) in [6, 6.07) is 12.8. The Labute approximate surface area is 213 Å². The second-order valence-electron chi connectivity index (χ2n) is 10.3. The first kappa shape index (κ1) is 24.5. The summed E-state index contributed by atoms with van der Waals surface area (Å²) in [6.45, 7) is 5.36. The molecular weight excluding hydrogens is 477 g/mol. The highest BCUT2D eigenvalue weighted by Gasteiger charge is 2.43. The number of ether oxygens (including phenoxy) is 1. The molecule has 0 unspecified atom stereocenters. The summed E-state index contributed by atoms with van der Waals surface area (Å²) in [6.07, 6.45) is 0.0708. The van der Waals surface area contributed by atoms with E-state index < -0.39 is 29.7 Å². The number of halogens is 1. The molecule has 2 atom stereocenters. The van der Waals surface area contributed by atoms with Crippen LogP contribution in [0.3, 0.4) is 0 Å². The number of H-pyrrole nitrogens is 1. The molecule has 1 aliphatic carbocycles. The summed E-state index contributed by atoms with van der Waals surface area (Å²) in [4.78, 5) is 47.1. The summed E-state index contributed by atoms with van der Waals surface area (Å²) in [5, 5.41) is 6.01. The lowest BCUT2D eigenvalue weighted by Gasteiger charge is -2.29. The average Bonchev–Trinajstić information content (AvgIpc) is 3.46. The lowest BCUT2D eigenvalue weighted by atomic mass is 10.0. The number of hydrogen-bond acceptors (Lipinski definition) is 6. The number of benzene rings is 1. The molecule has 192 valence electrons. The van der Waals surface area contributed by atoms with Gasteiger partial charge in [-0.15, -0.1) is 0 Å². The van der Waals surface area contributed by atoms with Crippen LogP contribution in [0.15, 0.2) is 48.7 Å². The van der Waals surface area contributed by atoms with E-state index in [1.165, 1.54) is 11.1 Å². The second-order valence-corrected chi connectivity index (χ2v) is 10.3. The number of alkyl halides is 1. The number of hydrogen-bond donors (Lipinski definition) is 3. The molecule has 37 heavy (non-hydrogen) atoms. The number of amides is 2. The van der Waals surface area contributed by atoms with Gasteiger partial charge in [-0.25, -0.2) is 14.2 Å². The fourth-order valence-corrected chi connectivity index (χ4v) is 4.25. The Kier molecular flexibility index (Phi) is 6.18. The van der Waals surface area contributed by atoms with Gasteiger partial charge in [-0.2, -0.15) is 0 Å². The van der Waals surface area contributed by atoms with Crippen LogP contribution in [0.2, 0.25) is 0 Å². The maximum absolute atomic E-state index is 13.3. The van der Waals surface area contributed by atoms with E-state index in [1.54, 1.807) is 32.9 Å². The number of aromatic amines is 1. The van der Waals surface area contributed by atoms with Crippen molar-refractivity contribution in [2.45, 2.75) is 45.5 Å². The lowest BCUT2D eigenvalue weighted by Crippen LogP contribution is -2.42. The van der Waals surface area contributed by atoms with Crippen molar-refractivity contribution in [1.82, 2.24) is 14.9 Å². The van der Waals surface area contributed by atoms with Crippen LogP contribution in [-0.2, 0) is 16.1 Å². The standard InChI is InChI=1S/C27H28FN5O4/c1-27(2,3)37-26(36)33-13-19-22(20(34)14-33)24(30-16-7-5-4-6-8-16)23(31-19)15-9-10-29-21(11-15)32-25(35)17-12-18(17)28/h4-11,17-18,30-31H,12-14H2,1-3H3,(H,29,32,35)/t17-,18+/m0/s1. The summed E-state index contributed by atoms with van der Waals surface area (Å²) >= 11 is 0. The molecule has 3 aromatic rings. The zero-order valence-electron chi connectivity index (χ0n) is 20.8. The molecular formula is C27H28FN5O4. The number of rotatable bonds is 5. The number of Topliss-reactive ketones (excluding diaryl/α,β-unsaturated/α-hetero) is 1. The van der Waals surface area contributed by atoms with Gasteiger partial charge in [0.15, 0.2) is 5.78 Å². The maximum Gasteiger partial charge on any atom is 0.411 e. The van der Waals surface area contributed by atoms with Crippen LogP contribution in [0.4, 0.5) is 26.4 Å². The second kappa shape index (κ2) is 9.34. The molecule has 0 radical (unpaired) electrons. The summed E-state index contributed by atoms with van der Waals surface area (Å²) in [7, 11) is 0. The van der Waals surface area contributed by atoms with Crippen LogP contribution < -0.4 is 10.6 Å². The van der Waals surface area contributed by atoms with E-state index in [0.29, 0.717) is 28.2 Å². The minimum absolute atomic E-state index is 0.119. The fourth-order valence-electron chi connectivity index (χ4n) is 4.25. The minimum atomic E-state index is -1.11. The molecule has 10 heteroatoms. The lowest BCUT2D eigenvalue weighted by molar-refractivity contribution is -0.117. The Bertz CT molecular complexity index is 1360. The topological polar surface area (TPSA) is 116 Å². The van der Waals surface area contributed by atoms with Gasteiger partial charge < -0.3 is 20.4 Å². The van der Waals surface area contributed by atoms with Crippen LogP contribution >= 0.6 is 0 Å². The smallest absolute Gasteiger partial charge is 0.411 e. The third kappa shape index (κ3) is 5.32. The highest BCUT2D eigenvalue weighted by Crippen LogP contribution is 2.39. The van der Waals surface area contributed by atoms with Crippen LogP contribution in [0.5, 0.6) is 0 Å². The first-order valence-corrected chi connectivity index (χ1v) is 12.1. The molecule has 3 heterocycles. The monoisotopic (exact) mass is 505 g/mol. The first-order valence-electron chi connectivity index (χ1n) is 12.1. The highest BCUT2D eigenvalue weighted by molar-refractivity contribution is 6.09. The van der Waals surface area contributed by atoms with Crippen molar-refractivity contribution < 1.29 is 23.5 Å². The Morgan fingerprint density at radius 3 is 2.57 bits per heavy atom. The number of pyridine rings is 1. The average molecular weight is 506 g/mol. The number of anilines is 3. The predicted octanol–water partition coefficient (Wildman–Crippen LogP) is 5.05. The summed E-state index contributed by atoms with van der Waals surface area (Å²) in [5.41, 5.74) is 2.92. The van der Waals surface area contributed by atoms with Crippen molar-refractivity contribution >= 4 is 35.0 Å². The van der Waals surface area contributed by atoms with Crippen LogP contribution in [0.1, 0.15) is 43.2 Å². The molecule has 1 fully saturated rings. The Hall–Kier alpha value is -4.21. The van der Waals surface area contributed by atoms with Crippen LogP contribution in [-0.4, -0.2) is 51.0 Å². The SMILES string of the molecule is CC(C)(C)OC(=O)N1CC(=O)c2c([nH]c(-c3ccnc(NC(=O)[C@H]4C[C@H]4F)c3)c2Nc2ccccc2)C1.